The van der Waals surface area contributed by atoms with Crippen LogP contribution in [0.4, 0.5) is 0 Å². The number of methoxy groups -OCH3 is 1. The standard InChI is InChI=1S/C29H28ClN3O3/c1-21(32(19-8-20-36-2)27(34)18-13-22-9-4-3-5-10-22)28-31-26-12-7-6-11-25(26)29(35)33(28)24-16-14-23(30)15-17-24/h3-7,9-18,21H,8,19-20H2,1-2H3/b18-13+. The average Bonchev–Trinajstić information content (AvgIpc) is 2.91. The lowest BCUT2D eigenvalue weighted by atomic mass is 10.1. The molecule has 0 radical (unpaired) electrons. The SMILES string of the molecule is COCCCN(C(=O)/C=C/c1ccccc1)C(C)c1nc2ccccc2c(=O)n1-c1ccc(Cl)cc1. The second-order valence-corrected chi connectivity index (χ2v) is 8.84. The molecule has 0 saturated carbocycles. The van der Waals surface area contributed by atoms with Crippen LogP contribution in [0.25, 0.3) is 22.7 Å². The van der Waals surface area contributed by atoms with Crippen LogP contribution in [0.5, 0.6) is 0 Å². The summed E-state index contributed by atoms with van der Waals surface area (Å²) in [4.78, 5) is 33.7. The molecule has 4 rings (SSSR count). The molecule has 1 amide bonds. The molecule has 0 spiro atoms. The smallest absolute Gasteiger partial charge is 0.266 e. The first-order chi connectivity index (χ1) is 17.5. The lowest BCUT2D eigenvalue weighted by Gasteiger charge is -2.30. The van der Waals surface area contributed by atoms with E-state index in [0.29, 0.717) is 47.0 Å². The summed E-state index contributed by atoms with van der Waals surface area (Å²) in [5, 5.41) is 1.07. The van der Waals surface area contributed by atoms with E-state index in [-0.39, 0.29) is 11.5 Å². The van der Waals surface area contributed by atoms with Crippen LogP contribution < -0.4 is 5.56 Å². The van der Waals surface area contributed by atoms with Crippen molar-refractivity contribution in [1.29, 1.82) is 0 Å². The fraction of sp³-hybridized carbons (Fsp3) is 0.207. The topological polar surface area (TPSA) is 64.4 Å². The first-order valence-corrected chi connectivity index (χ1v) is 12.2. The van der Waals surface area contributed by atoms with Crippen LogP contribution in [0.3, 0.4) is 0 Å². The van der Waals surface area contributed by atoms with Crippen LogP contribution in [0.1, 0.15) is 30.8 Å². The normalized spacial score (nSPS) is 12.2. The Morgan fingerprint density at radius 1 is 1.06 bits per heavy atom. The summed E-state index contributed by atoms with van der Waals surface area (Å²) in [6.07, 6.45) is 3.99. The maximum absolute atomic E-state index is 13.7. The Morgan fingerprint density at radius 2 is 1.75 bits per heavy atom. The van der Waals surface area contributed by atoms with Gasteiger partial charge in [0.2, 0.25) is 5.91 Å². The van der Waals surface area contributed by atoms with E-state index < -0.39 is 6.04 Å². The van der Waals surface area contributed by atoms with Crippen molar-refractivity contribution >= 4 is 34.5 Å². The van der Waals surface area contributed by atoms with Gasteiger partial charge in [-0.25, -0.2) is 4.98 Å². The first kappa shape index (κ1) is 25.4. The summed E-state index contributed by atoms with van der Waals surface area (Å²) in [5.41, 5.74) is 1.94. The maximum Gasteiger partial charge on any atom is 0.266 e. The van der Waals surface area contributed by atoms with Crippen LogP contribution >= 0.6 is 11.6 Å². The van der Waals surface area contributed by atoms with Crippen molar-refractivity contribution < 1.29 is 9.53 Å². The lowest BCUT2D eigenvalue weighted by molar-refractivity contribution is -0.128. The Bertz CT molecular complexity index is 1420. The molecular formula is C29H28ClN3O3. The van der Waals surface area contributed by atoms with E-state index in [1.54, 1.807) is 59.1 Å². The molecule has 7 heteroatoms. The third-order valence-corrected chi connectivity index (χ3v) is 6.23. The van der Waals surface area contributed by atoms with Crippen LogP contribution in [-0.4, -0.2) is 40.6 Å². The summed E-state index contributed by atoms with van der Waals surface area (Å²) in [6.45, 7) is 2.84. The average molecular weight is 502 g/mol. The largest absolute Gasteiger partial charge is 0.385 e. The number of nitrogens with zero attached hydrogens (tertiary/aromatic N) is 3. The van der Waals surface area contributed by atoms with Gasteiger partial charge < -0.3 is 9.64 Å². The van der Waals surface area contributed by atoms with Crippen LogP contribution in [0.15, 0.2) is 89.7 Å². The summed E-state index contributed by atoms with van der Waals surface area (Å²) in [6, 6.07) is 23.4. The maximum atomic E-state index is 13.7. The number of carbonyl (C=O) groups excluding carboxylic acids is 1. The van der Waals surface area contributed by atoms with Gasteiger partial charge in [-0.15, -0.1) is 0 Å². The highest BCUT2D eigenvalue weighted by Crippen LogP contribution is 2.24. The van der Waals surface area contributed by atoms with Crippen molar-refractivity contribution in [3.63, 3.8) is 0 Å². The number of hydrogen-bond acceptors (Lipinski definition) is 4. The Labute approximate surface area is 215 Å². The molecule has 1 atom stereocenters. The molecule has 1 heterocycles. The molecule has 1 unspecified atom stereocenters. The molecule has 0 N–H and O–H groups in total. The second kappa shape index (κ2) is 11.8. The number of benzene rings is 3. The summed E-state index contributed by atoms with van der Waals surface area (Å²) in [5.74, 6) is 0.299. The summed E-state index contributed by atoms with van der Waals surface area (Å²) in [7, 11) is 1.63. The Balaban J connectivity index is 1.80. The van der Waals surface area contributed by atoms with Gasteiger partial charge in [0.05, 0.1) is 22.6 Å². The zero-order valence-electron chi connectivity index (χ0n) is 20.3. The molecule has 36 heavy (non-hydrogen) atoms. The Kier molecular flexibility index (Phi) is 8.31. The molecule has 0 aliphatic carbocycles. The highest BCUT2D eigenvalue weighted by molar-refractivity contribution is 6.30. The van der Waals surface area contributed by atoms with E-state index >= 15 is 0 Å². The molecule has 184 valence electrons. The number of rotatable bonds is 9. The quantitative estimate of drug-likeness (QED) is 0.219. The van der Waals surface area contributed by atoms with Gasteiger partial charge in [-0.3, -0.25) is 14.2 Å². The van der Waals surface area contributed by atoms with Gasteiger partial charge in [0.15, 0.2) is 0 Å². The highest BCUT2D eigenvalue weighted by Gasteiger charge is 2.25. The van der Waals surface area contributed by atoms with Crippen molar-refractivity contribution in [3.8, 4) is 5.69 Å². The first-order valence-electron chi connectivity index (χ1n) is 11.8. The second-order valence-electron chi connectivity index (χ2n) is 8.40. The van der Waals surface area contributed by atoms with Gasteiger partial charge in [-0.1, -0.05) is 54.1 Å². The Morgan fingerprint density at radius 3 is 2.47 bits per heavy atom. The minimum absolute atomic E-state index is 0.174. The predicted molar refractivity (Wildman–Crippen MR) is 144 cm³/mol. The predicted octanol–water partition coefficient (Wildman–Crippen LogP) is 5.68. The number of ether oxygens (including phenoxy) is 1. The number of carbonyl (C=O) groups is 1. The Hall–Kier alpha value is -3.74. The van der Waals surface area contributed by atoms with Crippen LogP contribution in [0.2, 0.25) is 5.02 Å². The van der Waals surface area contributed by atoms with Crippen molar-refractivity contribution in [3.05, 3.63) is 112 Å². The molecule has 0 aliphatic heterocycles. The summed E-state index contributed by atoms with van der Waals surface area (Å²) >= 11 is 6.11. The van der Waals surface area contributed by atoms with Gasteiger partial charge in [0.25, 0.3) is 5.56 Å². The zero-order valence-corrected chi connectivity index (χ0v) is 21.1. The van der Waals surface area contributed by atoms with Crippen molar-refractivity contribution in [2.45, 2.75) is 19.4 Å². The van der Waals surface area contributed by atoms with E-state index in [1.807, 2.05) is 55.5 Å². The van der Waals surface area contributed by atoms with Crippen molar-refractivity contribution in [2.75, 3.05) is 20.3 Å². The molecule has 4 aromatic rings. The minimum Gasteiger partial charge on any atom is -0.385 e. The van der Waals surface area contributed by atoms with E-state index in [0.717, 1.165) is 5.56 Å². The number of fused-ring (bicyclic) bond motifs is 1. The van der Waals surface area contributed by atoms with Gasteiger partial charge in [-0.2, -0.15) is 0 Å². The lowest BCUT2D eigenvalue weighted by Crippen LogP contribution is -2.37. The monoisotopic (exact) mass is 501 g/mol. The minimum atomic E-state index is -0.497. The van der Waals surface area contributed by atoms with Crippen LogP contribution in [0, 0.1) is 0 Å². The van der Waals surface area contributed by atoms with Gasteiger partial charge in [-0.05, 0) is 61.4 Å². The highest BCUT2D eigenvalue weighted by atomic mass is 35.5. The third kappa shape index (κ3) is 5.73. The molecular weight excluding hydrogens is 474 g/mol. The number of para-hydroxylation sites is 1. The molecule has 0 saturated heterocycles. The molecule has 6 nitrogen and oxygen atoms in total. The number of amides is 1. The molecule has 1 aromatic heterocycles. The fourth-order valence-electron chi connectivity index (χ4n) is 4.11. The third-order valence-electron chi connectivity index (χ3n) is 5.98. The van der Waals surface area contributed by atoms with E-state index in [1.165, 1.54) is 0 Å². The van der Waals surface area contributed by atoms with Crippen molar-refractivity contribution in [1.82, 2.24) is 14.5 Å². The number of hydrogen-bond donors (Lipinski definition) is 0. The molecule has 3 aromatic carbocycles. The van der Waals surface area contributed by atoms with Gasteiger partial charge in [0, 0.05) is 31.4 Å². The molecule has 0 bridgehead atoms. The van der Waals surface area contributed by atoms with Crippen molar-refractivity contribution in [2.24, 2.45) is 0 Å². The summed E-state index contributed by atoms with van der Waals surface area (Å²) < 4.78 is 6.80. The molecule has 0 fully saturated rings. The van der Waals surface area contributed by atoms with Crippen LogP contribution in [-0.2, 0) is 9.53 Å². The van der Waals surface area contributed by atoms with E-state index in [9.17, 15) is 9.59 Å². The van der Waals surface area contributed by atoms with E-state index in [4.69, 9.17) is 21.3 Å². The zero-order chi connectivity index (χ0) is 25.5. The molecule has 0 aliphatic rings. The van der Waals surface area contributed by atoms with Gasteiger partial charge >= 0.3 is 0 Å². The fourth-order valence-corrected chi connectivity index (χ4v) is 4.24. The number of aromatic nitrogens is 2. The number of halogens is 1. The van der Waals surface area contributed by atoms with Gasteiger partial charge in [0.1, 0.15) is 5.82 Å². The van der Waals surface area contributed by atoms with E-state index in [2.05, 4.69) is 0 Å².